The summed E-state index contributed by atoms with van der Waals surface area (Å²) >= 11 is 0. The molecule has 0 radical (unpaired) electrons. The largest absolute Gasteiger partial charge is 0.472 e. The second-order valence-electron chi connectivity index (χ2n) is 8.48. The second kappa shape index (κ2) is 8.30. The van der Waals surface area contributed by atoms with E-state index in [1.54, 1.807) is 24.0 Å². The Hall–Kier alpha value is -3.63. The maximum absolute atomic E-state index is 13.5. The quantitative estimate of drug-likeness (QED) is 0.532. The summed E-state index contributed by atoms with van der Waals surface area (Å²) < 4.78 is 57.6. The number of piperidine rings is 1. The average molecular weight is 473 g/mol. The van der Waals surface area contributed by atoms with Gasteiger partial charge in [0.15, 0.2) is 11.6 Å². The Bertz CT molecular complexity index is 1220. The minimum atomic E-state index is -4.48. The molecular formula is C23H19F4N5O2. The number of aromatic nitrogens is 4. The van der Waals surface area contributed by atoms with Crippen molar-refractivity contribution in [1.29, 1.82) is 0 Å². The molecule has 7 nitrogen and oxygen atoms in total. The molecule has 2 bridgehead atoms. The summed E-state index contributed by atoms with van der Waals surface area (Å²) in [7, 11) is 0. The molecule has 0 N–H and O–H groups in total. The molecule has 1 saturated heterocycles. The number of likely N-dealkylation sites (tertiary alicyclic amines) is 1. The molecular weight excluding hydrogens is 454 g/mol. The number of amides is 1. The predicted octanol–water partition coefficient (Wildman–Crippen LogP) is 4.08. The molecule has 1 amide bonds. The van der Waals surface area contributed by atoms with Crippen LogP contribution in [-0.4, -0.2) is 49.4 Å². The van der Waals surface area contributed by atoms with Gasteiger partial charge in [0.05, 0.1) is 29.6 Å². The smallest absolute Gasteiger partial charge is 0.417 e. The van der Waals surface area contributed by atoms with Crippen LogP contribution < -0.4 is 4.74 Å². The number of pyridine rings is 2. The van der Waals surface area contributed by atoms with Crippen LogP contribution in [0.25, 0.3) is 11.5 Å². The van der Waals surface area contributed by atoms with Gasteiger partial charge < -0.3 is 9.64 Å². The highest BCUT2D eigenvalue weighted by Crippen LogP contribution is 2.41. The van der Waals surface area contributed by atoms with E-state index in [1.165, 1.54) is 6.07 Å². The Morgan fingerprint density at radius 1 is 1.06 bits per heavy atom. The van der Waals surface area contributed by atoms with Crippen molar-refractivity contribution in [3.63, 3.8) is 0 Å². The van der Waals surface area contributed by atoms with Crippen molar-refractivity contribution >= 4 is 5.91 Å². The van der Waals surface area contributed by atoms with Crippen LogP contribution in [0.2, 0.25) is 0 Å². The SMILES string of the molecule is Cc1ccc(C(=O)N2C[C@H]3C[C@@H](Oc4ccc(C(F)(F)F)cn4)[C@@H]2C3)c(-c2ncc(F)cn2)n1. The van der Waals surface area contributed by atoms with Crippen LogP contribution in [0.3, 0.4) is 0 Å². The summed E-state index contributed by atoms with van der Waals surface area (Å²) in [5, 5.41) is 0. The van der Waals surface area contributed by atoms with Crippen LogP contribution in [0.4, 0.5) is 17.6 Å². The first-order valence-corrected chi connectivity index (χ1v) is 10.7. The number of halogens is 4. The Kier molecular flexibility index (Phi) is 5.41. The number of hydrogen-bond acceptors (Lipinski definition) is 6. The van der Waals surface area contributed by atoms with Gasteiger partial charge in [-0.05, 0) is 43.9 Å². The number of carbonyl (C=O) groups is 1. The molecule has 1 saturated carbocycles. The lowest BCUT2D eigenvalue weighted by Crippen LogP contribution is -2.47. The highest BCUT2D eigenvalue weighted by atomic mass is 19.4. The molecule has 34 heavy (non-hydrogen) atoms. The first kappa shape index (κ1) is 22.2. The molecule has 0 unspecified atom stereocenters. The van der Waals surface area contributed by atoms with Crippen molar-refractivity contribution < 1.29 is 27.1 Å². The van der Waals surface area contributed by atoms with Crippen LogP contribution in [0, 0.1) is 18.7 Å². The Morgan fingerprint density at radius 3 is 2.47 bits per heavy atom. The minimum Gasteiger partial charge on any atom is -0.472 e. The lowest BCUT2D eigenvalue weighted by Gasteiger charge is -2.33. The number of fused-ring (bicyclic) bond motifs is 2. The standard InChI is InChI=1S/C23H19F4N5O2/c1-12-2-4-16(20(31-12)21-29-9-15(24)10-30-21)22(33)32-11-13-6-17(32)18(7-13)34-19-5-3-14(8-28-19)23(25,26)27/h2-5,8-10,13,17-18H,6-7,11H2,1H3/t13-,17+,18-/m1/s1. The third kappa shape index (κ3) is 4.17. The first-order chi connectivity index (χ1) is 16.2. The number of hydrogen-bond donors (Lipinski definition) is 0. The minimum absolute atomic E-state index is 0.0790. The van der Waals surface area contributed by atoms with Gasteiger partial charge in [0.1, 0.15) is 11.8 Å². The van der Waals surface area contributed by atoms with Gasteiger partial charge in [-0.3, -0.25) is 4.79 Å². The molecule has 5 rings (SSSR count). The summed E-state index contributed by atoms with van der Waals surface area (Å²) in [6.07, 6.45) is -0.710. The predicted molar refractivity (Wildman–Crippen MR) is 111 cm³/mol. The van der Waals surface area contributed by atoms with E-state index >= 15 is 0 Å². The van der Waals surface area contributed by atoms with Crippen LogP contribution in [0.1, 0.15) is 34.5 Å². The van der Waals surface area contributed by atoms with Gasteiger partial charge in [-0.2, -0.15) is 13.2 Å². The molecule has 176 valence electrons. The molecule has 1 aliphatic carbocycles. The van der Waals surface area contributed by atoms with Crippen molar-refractivity contribution in [3.05, 3.63) is 65.5 Å². The van der Waals surface area contributed by atoms with Gasteiger partial charge in [0.25, 0.3) is 5.91 Å². The van der Waals surface area contributed by atoms with Crippen molar-refractivity contribution in [2.24, 2.45) is 5.92 Å². The van der Waals surface area contributed by atoms with Crippen LogP contribution >= 0.6 is 0 Å². The highest BCUT2D eigenvalue weighted by Gasteiger charge is 2.49. The summed E-state index contributed by atoms with van der Waals surface area (Å²) in [6, 6.07) is 5.20. The summed E-state index contributed by atoms with van der Waals surface area (Å²) in [5.74, 6) is -0.457. The van der Waals surface area contributed by atoms with E-state index in [-0.39, 0.29) is 40.8 Å². The van der Waals surface area contributed by atoms with E-state index < -0.39 is 23.7 Å². The Labute approximate surface area is 191 Å². The number of rotatable bonds is 4. The highest BCUT2D eigenvalue weighted by molar-refractivity contribution is 5.99. The Balaban J connectivity index is 1.37. The molecule has 0 aromatic carbocycles. The fraction of sp³-hybridized carbons (Fsp3) is 0.348. The van der Waals surface area contributed by atoms with Crippen molar-refractivity contribution in [2.45, 2.75) is 38.1 Å². The lowest BCUT2D eigenvalue weighted by molar-refractivity contribution is -0.137. The zero-order chi connectivity index (χ0) is 24.0. The third-order valence-corrected chi connectivity index (χ3v) is 6.12. The maximum atomic E-state index is 13.5. The second-order valence-corrected chi connectivity index (χ2v) is 8.48. The van der Waals surface area contributed by atoms with E-state index in [2.05, 4.69) is 19.9 Å². The molecule has 1 aliphatic heterocycles. The van der Waals surface area contributed by atoms with E-state index in [9.17, 15) is 22.4 Å². The monoisotopic (exact) mass is 473 g/mol. The van der Waals surface area contributed by atoms with Gasteiger partial charge in [-0.1, -0.05) is 0 Å². The van der Waals surface area contributed by atoms with E-state index in [4.69, 9.17) is 4.74 Å². The fourth-order valence-corrected chi connectivity index (χ4v) is 4.59. The third-order valence-electron chi connectivity index (χ3n) is 6.12. The summed E-state index contributed by atoms with van der Waals surface area (Å²) in [5.41, 5.74) is 0.342. The maximum Gasteiger partial charge on any atom is 0.417 e. The normalized spacial score (nSPS) is 21.7. The van der Waals surface area contributed by atoms with Gasteiger partial charge >= 0.3 is 6.18 Å². The molecule has 11 heteroatoms. The van der Waals surface area contributed by atoms with Crippen LogP contribution in [0.5, 0.6) is 5.88 Å². The molecule has 2 aliphatic rings. The molecule has 4 heterocycles. The van der Waals surface area contributed by atoms with E-state index in [1.807, 2.05) is 0 Å². The topological polar surface area (TPSA) is 81.1 Å². The summed E-state index contributed by atoms with van der Waals surface area (Å²) in [4.78, 5) is 31.4. The van der Waals surface area contributed by atoms with Gasteiger partial charge in [0.2, 0.25) is 5.88 Å². The first-order valence-electron chi connectivity index (χ1n) is 10.7. The van der Waals surface area contributed by atoms with E-state index in [0.717, 1.165) is 31.1 Å². The number of nitrogens with zero attached hydrogens (tertiary/aromatic N) is 5. The Morgan fingerprint density at radius 2 is 1.82 bits per heavy atom. The fourth-order valence-electron chi connectivity index (χ4n) is 4.59. The lowest BCUT2D eigenvalue weighted by atomic mass is 10.0. The number of carbonyl (C=O) groups excluding carboxylic acids is 1. The van der Waals surface area contributed by atoms with Gasteiger partial charge in [-0.25, -0.2) is 24.3 Å². The van der Waals surface area contributed by atoms with E-state index in [0.29, 0.717) is 18.7 Å². The van der Waals surface area contributed by atoms with Gasteiger partial charge in [0, 0.05) is 24.5 Å². The van der Waals surface area contributed by atoms with Crippen molar-refractivity contribution in [2.75, 3.05) is 6.54 Å². The number of aryl methyl sites for hydroxylation is 1. The molecule has 3 atom stereocenters. The van der Waals surface area contributed by atoms with Crippen LogP contribution in [-0.2, 0) is 6.18 Å². The van der Waals surface area contributed by atoms with Crippen molar-refractivity contribution in [1.82, 2.24) is 24.8 Å². The number of alkyl halides is 3. The molecule has 0 spiro atoms. The summed E-state index contributed by atoms with van der Waals surface area (Å²) in [6.45, 7) is 2.29. The number of ether oxygens (including phenoxy) is 1. The molecule has 2 fully saturated rings. The average Bonchev–Trinajstić information content (AvgIpc) is 3.39. The zero-order valence-corrected chi connectivity index (χ0v) is 18.0. The van der Waals surface area contributed by atoms with Crippen LogP contribution in [0.15, 0.2) is 42.9 Å². The van der Waals surface area contributed by atoms with Crippen molar-refractivity contribution in [3.8, 4) is 17.4 Å². The zero-order valence-electron chi connectivity index (χ0n) is 18.0. The van der Waals surface area contributed by atoms with Gasteiger partial charge in [-0.15, -0.1) is 0 Å². The molecule has 3 aromatic heterocycles. The molecule has 3 aromatic rings.